The van der Waals surface area contributed by atoms with E-state index < -0.39 is 0 Å². The number of aromatic nitrogens is 2. The lowest BCUT2D eigenvalue weighted by Gasteiger charge is -2.13. The molecule has 0 radical (unpaired) electrons. The fourth-order valence-corrected chi connectivity index (χ4v) is 2.11. The molecule has 0 unspecified atom stereocenters. The number of nitrogens with zero attached hydrogens (tertiary/aromatic N) is 1. The van der Waals surface area contributed by atoms with Gasteiger partial charge in [-0.05, 0) is 22.0 Å². The number of methoxy groups -OCH3 is 2. The fourth-order valence-electron chi connectivity index (χ4n) is 1.56. The molecule has 6 nitrogen and oxygen atoms in total. The SMILES string of the molecule is COc1cc(OC)c(Nc2nc[nH]c(=O)c2Br)cc1Cl. The number of ether oxygens (including phenoxy) is 2. The topological polar surface area (TPSA) is 76.2 Å². The molecule has 0 bridgehead atoms. The monoisotopic (exact) mass is 359 g/mol. The molecule has 20 heavy (non-hydrogen) atoms. The number of halogens is 2. The second-order valence-electron chi connectivity index (χ2n) is 3.71. The van der Waals surface area contributed by atoms with Crippen LogP contribution >= 0.6 is 27.5 Å². The largest absolute Gasteiger partial charge is 0.495 e. The van der Waals surface area contributed by atoms with Crippen LogP contribution in [0.2, 0.25) is 5.02 Å². The molecule has 0 aliphatic carbocycles. The van der Waals surface area contributed by atoms with Crippen molar-refractivity contribution in [3.05, 3.63) is 38.3 Å². The van der Waals surface area contributed by atoms with Crippen molar-refractivity contribution in [2.24, 2.45) is 0 Å². The predicted octanol–water partition coefficient (Wildman–Crippen LogP) is 2.95. The average Bonchev–Trinajstić information content (AvgIpc) is 2.44. The van der Waals surface area contributed by atoms with E-state index in [0.29, 0.717) is 28.0 Å². The van der Waals surface area contributed by atoms with E-state index >= 15 is 0 Å². The van der Waals surface area contributed by atoms with Gasteiger partial charge in [0.1, 0.15) is 16.0 Å². The lowest BCUT2D eigenvalue weighted by molar-refractivity contribution is 0.396. The van der Waals surface area contributed by atoms with E-state index in [1.54, 1.807) is 12.1 Å². The molecule has 0 fully saturated rings. The molecule has 1 aromatic carbocycles. The van der Waals surface area contributed by atoms with Gasteiger partial charge in [-0.1, -0.05) is 11.6 Å². The summed E-state index contributed by atoms with van der Waals surface area (Å²) in [6.07, 6.45) is 1.30. The van der Waals surface area contributed by atoms with Gasteiger partial charge in [0.15, 0.2) is 5.82 Å². The van der Waals surface area contributed by atoms with Gasteiger partial charge in [0, 0.05) is 6.07 Å². The van der Waals surface area contributed by atoms with Gasteiger partial charge in [-0.25, -0.2) is 4.98 Å². The number of H-pyrrole nitrogens is 1. The highest BCUT2D eigenvalue weighted by molar-refractivity contribution is 9.10. The van der Waals surface area contributed by atoms with E-state index in [0.717, 1.165) is 0 Å². The van der Waals surface area contributed by atoms with Crippen LogP contribution in [0.1, 0.15) is 0 Å². The highest BCUT2D eigenvalue weighted by atomic mass is 79.9. The Hall–Kier alpha value is -1.73. The zero-order chi connectivity index (χ0) is 14.7. The maximum Gasteiger partial charge on any atom is 0.267 e. The van der Waals surface area contributed by atoms with E-state index in [9.17, 15) is 4.79 Å². The van der Waals surface area contributed by atoms with Gasteiger partial charge in [0.25, 0.3) is 5.56 Å². The molecule has 0 aliphatic heterocycles. The van der Waals surface area contributed by atoms with Crippen LogP contribution < -0.4 is 20.3 Å². The van der Waals surface area contributed by atoms with Crippen LogP contribution in [0.15, 0.2) is 27.7 Å². The molecule has 0 saturated heterocycles. The van der Waals surface area contributed by atoms with Crippen molar-refractivity contribution in [1.29, 1.82) is 0 Å². The molecule has 0 spiro atoms. The number of hydrogen-bond acceptors (Lipinski definition) is 5. The van der Waals surface area contributed by atoms with Crippen LogP contribution in [0, 0.1) is 0 Å². The Morgan fingerprint density at radius 1 is 1.30 bits per heavy atom. The van der Waals surface area contributed by atoms with E-state index in [2.05, 4.69) is 31.2 Å². The Kier molecular flexibility index (Phi) is 4.51. The van der Waals surface area contributed by atoms with Gasteiger partial charge >= 0.3 is 0 Å². The summed E-state index contributed by atoms with van der Waals surface area (Å²) in [6, 6.07) is 3.28. The summed E-state index contributed by atoms with van der Waals surface area (Å²) >= 11 is 9.24. The molecule has 1 aromatic heterocycles. The molecule has 0 amide bonds. The molecule has 8 heteroatoms. The molecule has 2 rings (SSSR count). The summed E-state index contributed by atoms with van der Waals surface area (Å²) < 4.78 is 10.7. The van der Waals surface area contributed by atoms with Gasteiger partial charge in [-0.2, -0.15) is 0 Å². The summed E-state index contributed by atoms with van der Waals surface area (Å²) in [6.45, 7) is 0. The highest BCUT2D eigenvalue weighted by Crippen LogP contribution is 2.37. The number of hydrogen-bond donors (Lipinski definition) is 2. The van der Waals surface area contributed by atoms with Crippen molar-refractivity contribution in [2.75, 3.05) is 19.5 Å². The number of nitrogens with one attached hydrogen (secondary N) is 2. The van der Waals surface area contributed by atoms with Crippen LogP contribution in [-0.2, 0) is 0 Å². The maximum atomic E-state index is 11.5. The third-order valence-electron chi connectivity index (χ3n) is 2.52. The van der Waals surface area contributed by atoms with Crippen molar-refractivity contribution in [3.63, 3.8) is 0 Å². The van der Waals surface area contributed by atoms with E-state index in [4.69, 9.17) is 21.1 Å². The standard InChI is InChI=1S/C12H11BrClN3O3/c1-19-8-4-9(20-2)7(3-6(8)14)17-11-10(13)12(18)16-5-15-11/h3-5H,1-2H3,(H2,15,16,17,18). The first-order valence-corrected chi connectivity index (χ1v) is 6.65. The Bertz CT molecular complexity index is 690. The Labute approximate surface area is 128 Å². The molecule has 0 saturated carbocycles. The quantitative estimate of drug-likeness (QED) is 0.877. The summed E-state index contributed by atoms with van der Waals surface area (Å²) in [7, 11) is 3.04. The maximum absolute atomic E-state index is 11.5. The lowest BCUT2D eigenvalue weighted by atomic mass is 10.2. The van der Waals surface area contributed by atoms with E-state index in [1.807, 2.05) is 0 Å². The zero-order valence-electron chi connectivity index (χ0n) is 10.7. The minimum absolute atomic E-state index is 0.286. The lowest BCUT2D eigenvalue weighted by Crippen LogP contribution is -2.10. The van der Waals surface area contributed by atoms with Crippen molar-refractivity contribution >= 4 is 39.0 Å². The molecule has 0 atom stereocenters. The second-order valence-corrected chi connectivity index (χ2v) is 4.91. The van der Waals surface area contributed by atoms with Gasteiger partial charge in [-0.3, -0.25) is 4.79 Å². The molecule has 106 valence electrons. The number of aromatic amines is 1. The molecule has 2 aromatic rings. The fraction of sp³-hybridized carbons (Fsp3) is 0.167. The first-order valence-electron chi connectivity index (χ1n) is 5.48. The smallest absolute Gasteiger partial charge is 0.267 e. The van der Waals surface area contributed by atoms with Gasteiger partial charge in [-0.15, -0.1) is 0 Å². The summed E-state index contributed by atoms with van der Waals surface area (Å²) in [5.74, 6) is 1.36. The van der Waals surface area contributed by atoms with Gasteiger partial charge in [0.2, 0.25) is 0 Å². The van der Waals surface area contributed by atoms with Crippen LogP contribution in [0.25, 0.3) is 0 Å². The summed E-state index contributed by atoms with van der Waals surface area (Å²) in [5, 5.41) is 3.40. The van der Waals surface area contributed by atoms with Crippen molar-refractivity contribution in [1.82, 2.24) is 9.97 Å². The predicted molar refractivity (Wildman–Crippen MR) is 80.4 cm³/mol. The normalized spacial score (nSPS) is 10.2. The second kappa shape index (κ2) is 6.15. The first-order chi connectivity index (χ1) is 9.56. The van der Waals surface area contributed by atoms with Crippen LogP contribution in [0.4, 0.5) is 11.5 Å². The minimum Gasteiger partial charge on any atom is -0.495 e. The zero-order valence-corrected chi connectivity index (χ0v) is 13.0. The Morgan fingerprint density at radius 3 is 2.65 bits per heavy atom. The molecule has 2 N–H and O–H groups in total. The number of benzene rings is 1. The molecular formula is C12H11BrClN3O3. The number of rotatable bonds is 4. The first kappa shape index (κ1) is 14.7. The molecular weight excluding hydrogens is 350 g/mol. The van der Waals surface area contributed by atoms with Crippen LogP contribution in [-0.4, -0.2) is 24.2 Å². The Morgan fingerprint density at radius 2 is 2.00 bits per heavy atom. The van der Waals surface area contributed by atoms with Crippen molar-refractivity contribution in [3.8, 4) is 11.5 Å². The third-order valence-corrected chi connectivity index (χ3v) is 3.55. The van der Waals surface area contributed by atoms with Crippen molar-refractivity contribution < 1.29 is 9.47 Å². The van der Waals surface area contributed by atoms with Gasteiger partial charge < -0.3 is 19.8 Å². The summed E-state index contributed by atoms with van der Waals surface area (Å²) in [5.41, 5.74) is 0.276. The molecule has 1 heterocycles. The van der Waals surface area contributed by atoms with E-state index in [1.165, 1.54) is 20.5 Å². The molecule has 0 aliphatic rings. The third kappa shape index (κ3) is 2.88. The van der Waals surface area contributed by atoms with Crippen LogP contribution in [0.5, 0.6) is 11.5 Å². The van der Waals surface area contributed by atoms with E-state index in [-0.39, 0.29) is 10.0 Å². The van der Waals surface area contributed by atoms with Crippen molar-refractivity contribution in [2.45, 2.75) is 0 Å². The Balaban J connectivity index is 2.45. The average molecular weight is 361 g/mol. The highest BCUT2D eigenvalue weighted by Gasteiger charge is 2.12. The van der Waals surface area contributed by atoms with Gasteiger partial charge in [0.05, 0.1) is 31.3 Å². The summed E-state index contributed by atoms with van der Waals surface area (Å²) in [4.78, 5) is 18.0. The number of anilines is 2. The van der Waals surface area contributed by atoms with Crippen LogP contribution in [0.3, 0.4) is 0 Å². The minimum atomic E-state index is -0.291.